The quantitative estimate of drug-likeness (QED) is 0.536. The van der Waals surface area contributed by atoms with Gasteiger partial charge in [-0.3, -0.25) is 4.79 Å². The van der Waals surface area contributed by atoms with Crippen molar-refractivity contribution in [2.45, 2.75) is 6.92 Å². The van der Waals surface area contributed by atoms with Crippen LogP contribution in [0.3, 0.4) is 0 Å². The highest BCUT2D eigenvalue weighted by atomic mass is 16.5. The second kappa shape index (κ2) is 5.70. The number of aliphatic carboxylic acids is 1. The van der Waals surface area contributed by atoms with Crippen molar-refractivity contribution in [3.05, 3.63) is 42.0 Å². The number of carboxylic acid groups (broad SMARTS) is 1. The molecule has 1 rings (SSSR count). The number of ketones is 1. The molecule has 0 heterocycles. The van der Waals surface area contributed by atoms with Gasteiger partial charge >= 0.3 is 0 Å². The van der Waals surface area contributed by atoms with Gasteiger partial charge in [0.1, 0.15) is 5.75 Å². The molecule has 4 nitrogen and oxygen atoms in total. The molecule has 1 aromatic rings. The van der Waals surface area contributed by atoms with E-state index in [2.05, 4.69) is 0 Å². The second-order valence-corrected chi connectivity index (χ2v) is 2.97. The molecule has 0 aromatic heterocycles. The molecule has 0 N–H and O–H groups in total. The van der Waals surface area contributed by atoms with Crippen molar-refractivity contribution in [2.75, 3.05) is 6.61 Å². The van der Waals surface area contributed by atoms with E-state index in [0.29, 0.717) is 24.0 Å². The van der Waals surface area contributed by atoms with E-state index >= 15 is 0 Å². The summed E-state index contributed by atoms with van der Waals surface area (Å²) in [6.45, 7) is 2.42. The molecule has 0 spiro atoms. The predicted octanol–water partition coefficient (Wildman–Crippen LogP) is 0.574. The number of carbonyl (C=O) groups excluding carboxylic acids is 2. The van der Waals surface area contributed by atoms with Gasteiger partial charge in [-0.1, -0.05) is 0 Å². The summed E-state index contributed by atoms with van der Waals surface area (Å²) in [6, 6.07) is 6.47. The fraction of sp³-hybridized carbons (Fsp3) is 0.167. The average molecular weight is 219 g/mol. The van der Waals surface area contributed by atoms with Crippen LogP contribution >= 0.6 is 0 Å². The van der Waals surface area contributed by atoms with Crippen LogP contribution in [0.2, 0.25) is 0 Å². The number of hydrogen-bond acceptors (Lipinski definition) is 4. The molecular weight excluding hydrogens is 208 g/mol. The zero-order valence-electron chi connectivity index (χ0n) is 8.80. The molecule has 1 aromatic carbocycles. The summed E-state index contributed by atoms with van der Waals surface area (Å²) in [5.41, 5.74) is 0.404. The molecule has 0 fully saturated rings. The summed E-state index contributed by atoms with van der Waals surface area (Å²) >= 11 is 0. The highest BCUT2D eigenvalue weighted by molar-refractivity contribution is 6.06. The average Bonchev–Trinajstić information content (AvgIpc) is 2.27. The SMILES string of the molecule is CCOc1ccc(C(=O)C=CC(=O)[O-])cc1. The summed E-state index contributed by atoms with van der Waals surface area (Å²) in [6.07, 6.45) is 1.67. The van der Waals surface area contributed by atoms with Gasteiger partial charge in [-0.25, -0.2) is 0 Å². The molecule has 16 heavy (non-hydrogen) atoms. The molecule has 0 amide bonds. The van der Waals surface area contributed by atoms with Crippen LogP contribution in [-0.4, -0.2) is 18.4 Å². The Bertz CT molecular complexity index is 404. The zero-order chi connectivity index (χ0) is 12.0. The van der Waals surface area contributed by atoms with Crippen molar-refractivity contribution in [1.29, 1.82) is 0 Å². The minimum Gasteiger partial charge on any atom is -0.545 e. The van der Waals surface area contributed by atoms with Crippen molar-refractivity contribution >= 4 is 11.8 Å². The number of rotatable bonds is 5. The minimum atomic E-state index is -1.39. The maximum absolute atomic E-state index is 11.4. The van der Waals surface area contributed by atoms with Gasteiger partial charge in [-0.15, -0.1) is 0 Å². The van der Waals surface area contributed by atoms with E-state index in [0.717, 1.165) is 6.08 Å². The number of allylic oxidation sites excluding steroid dienone is 1. The Morgan fingerprint density at radius 1 is 1.25 bits per heavy atom. The normalized spacial score (nSPS) is 10.3. The number of carbonyl (C=O) groups is 2. The molecule has 84 valence electrons. The second-order valence-electron chi connectivity index (χ2n) is 2.97. The molecular formula is C12H11O4-. The minimum absolute atomic E-state index is 0.382. The summed E-state index contributed by atoms with van der Waals surface area (Å²) in [7, 11) is 0. The number of hydrogen-bond donors (Lipinski definition) is 0. The van der Waals surface area contributed by atoms with Gasteiger partial charge in [-0.05, 0) is 43.3 Å². The summed E-state index contributed by atoms with van der Waals surface area (Å²) in [4.78, 5) is 21.5. The van der Waals surface area contributed by atoms with Gasteiger partial charge < -0.3 is 14.6 Å². The van der Waals surface area contributed by atoms with Crippen LogP contribution in [0, 0.1) is 0 Å². The topological polar surface area (TPSA) is 66.4 Å². The predicted molar refractivity (Wildman–Crippen MR) is 56.1 cm³/mol. The summed E-state index contributed by atoms with van der Waals surface area (Å²) < 4.78 is 5.21. The zero-order valence-corrected chi connectivity index (χ0v) is 8.80. The van der Waals surface area contributed by atoms with Crippen LogP contribution in [0.15, 0.2) is 36.4 Å². The van der Waals surface area contributed by atoms with E-state index in [4.69, 9.17) is 4.74 Å². The Morgan fingerprint density at radius 3 is 2.38 bits per heavy atom. The van der Waals surface area contributed by atoms with Gasteiger partial charge in [0, 0.05) is 5.56 Å². The lowest BCUT2D eigenvalue weighted by Gasteiger charge is -2.02. The van der Waals surface area contributed by atoms with Gasteiger partial charge in [0.05, 0.1) is 12.6 Å². The largest absolute Gasteiger partial charge is 0.545 e. The van der Waals surface area contributed by atoms with Crippen LogP contribution in [-0.2, 0) is 4.79 Å². The number of carboxylic acids is 1. The lowest BCUT2D eigenvalue weighted by Crippen LogP contribution is -2.19. The van der Waals surface area contributed by atoms with E-state index in [1.807, 2.05) is 6.92 Å². The lowest BCUT2D eigenvalue weighted by molar-refractivity contribution is -0.297. The Balaban J connectivity index is 2.74. The van der Waals surface area contributed by atoms with Crippen molar-refractivity contribution in [1.82, 2.24) is 0 Å². The Morgan fingerprint density at radius 2 is 1.88 bits per heavy atom. The smallest absolute Gasteiger partial charge is 0.185 e. The molecule has 0 unspecified atom stereocenters. The van der Waals surface area contributed by atoms with Crippen LogP contribution in [0.4, 0.5) is 0 Å². The highest BCUT2D eigenvalue weighted by Gasteiger charge is 2.01. The van der Waals surface area contributed by atoms with Crippen LogP contribution < -0.4 is 9.84 Å². The molecule has 0 aliphatic rings. The third-order valence-corrected chi connectivity index (χ3v) is 1.82. The molecule has 0 bridgehead atoms. The van der Waals surface area contributed by atoms with Crippen LogP contribution in [0.25, 0.3) is 0 Å². The van der Waals surface area contributed by atoms with Crippen molar-refractivity contribution in [3.8, 4) is 5.75 Å². The van der Waals surface area contributed by atoms with Crippen molar-refractivity contribution in [2.24, 2.45) is 0 Å². The summed E-state index contributed by atoms with van der Waals surface area (Å²) in [5.74, 6) is -1.10. The first-order valence-electron chi connectivity index (χ1n) is 4.79. The first-order chi connectivity index (χ1) is 7.63. The number of benzene rings is 1. The Kier molecular flexibility index (Phi) is 4.27. The van der Waals surface area contributed by atoms with Crippen LogP contribution in [0.5, 0.6) is 5.75 Å². The lowest BCUT2D eigenvalue weighted by atomic mass is 10.1. The van der Waals surface area contributed by atoms with Gasteiger partial charge in [0.15, 0.2) is 5.78 Å². The molecule has 0 radical (unpaired) electrons. The molecule has 0 saturated carbocycles. The molecule has 0 saturated heterocycles. The summed E-state index contributed by atoms with van der Waals surface area (Å²) in [5, 5.41) is 10.1. The first-order valence-corrected chi connectivity index (χ1v) is 4.79. The third kappa shape index (κ3) is 3.57. The van der Waals surface area contributed by atoms with Gasteiger partial charge in [-0.2, -0.15) is 0 Å². The Hall–Kier alpha value is -2.10. The molecule has 0 aliphatic heterocycles. The van der Waals surface area contributed by atoms with Crippen molar-refractivity contribution < 1.29 is 19.4 Å². The van der Waals surface area contributed by atoms with Crippen LogP contribution in [0.1, 0.15) is 17.3 Å². The molecule has 0 atom stereocenters. The van der Waals surface area contributed by atoms with E-state index < -0.39 is 5.97 Å². The van der Waals surface area contributed by atoms with Crippen molar-refractivity contribution in [3.63, 3.8) is 0 Å². The molecule has 4 heteroatoms. The maximum Gasteiger partial charge on any atom is 0.185 e. The van der Waals surface area contributed by atoms with E-state index in [-0.39, 0.29) is 5.78 Å². The standard InChI is InChI=1S/C12H12O4/c1-2-16-10-5-3-9(4-6-10)11(13)7-8-12(14)15/h3-8H,2H2,1H3,(H,14,15)/p-1. The third-order valence-electron chi connectivity index (χ3n) is 1.82. The Labute approximate surface area is 93.2 Å². The fourth-order valence-corrected chi connectivity index (χ4v) is 1.12. The van der Waals surface area contributed by atoms with Gasteiger partial charge in [0.25, 0.3) is 0 Å². The van der Waals surface area contributed by atoms with E-state index in [9.17, 15) is 14.7 Å². The number of ether oxygens (including phenoxy) is 1. The maximum atomic E-state index is 11.4. The monoisotopic (exact) mass is 219 g/mol. The van der Waals surface area contributed by atoms with Gasteiger partial charge in [0.2, 0.25) is 0 Å². The fourth-order valence-electron chi connectivity index (χ4n) is 1.12. The highest BCUT2D eigenvalue weighted by Crippen LogP contribution is 2.12. The van der Waals surface area contributed by atoms with E-state index in [1.165, 1.54) is 0 Å². The molecule has 0 aliphatic carbocycles. The first kappa shape index (κ1) is 12.0. The van der Waals surface area contributed by atoms with E-state index in [1.54, 1.807) is 24.3 Å².